The number of carbonyl (C=O) groups is 1. The van der Waals surface area contributed by atoms with Crippen LogP contribution in [0.15, 0.2) is 73.1 Å². The molecule has 0 bridgehead atoms. The number of carbonyl (C=O) groups excluding carboxylic acids is 1. The molecule has 1 amide bonds. The molecule has 2 aromatic carbocycles. The van der Waals surface area contributed by atoms with Crippen LogP contribution in [0.1, 0.15) is 22.7 Å². The van der Waals surface area contributed by atoms with Gasteiger partial charge in [-0.1, -0.05) is 48.0 Å². The number of aryl methyl sites for hydroxylation is 1. The van der Waals surface area contributed by atoms with Crippen molar-refractivity contribution in [2.45, 2.75) is 13.0 Å². The van der Waals surface area contributed by atoms with E-state index in [-0.39, 0.29) is 11.9 Å². The van der Waals surface area contributed by atoms with Gasteiger partial charge in [-0.3, -0.25) is 9.69 Å². The minimum absolute atomic E-state index is 0.0807. The third kappa shape index (κ3) is 5.90. The molecule has 1 N–H and O–H groups in total. The van der Waals surface area contributed by atoms with Crippen molar-refractivity contribution in [3.8, 4) is 5.69 Å². The molecule has 2 heterocycles. The van der Waals surface area contributed by atoms with Gasteiger partial charge in [0.25, 0.3) is 0 Å². The Balaban J connectivity index is 1.43. The fourth-order valence-electron chi connectivity index (χ4n) is 3.61. The van der Waals surface area contributed by atoms with Crippen LogP contribution in [0.2, 0.25) is 0 Å². The van der Waals surface area contributed by atoms with Gasteiger partial charge in [-0.15, -0.1) is 0 Å². The Kier molecular flexibility index (Phi) is 6.92. The fourth-order valence-corrected chi connectivity index (χ4v) is 3.61. The topological polar surface area (TPSA) is 59.4 Å². The summed E-state index contributed by atoms with van der Waals surface area (Å²) >= 11 is 0. The maximum atomic E-state index is 12.7. The number of nitrogens with zero attached hydrogens (tertiary/aromatic N) is 3. The zero-order chi connectivity index (χ0) is 21.5. The molecule has 0 spiro atoms. The van der Waals surface area contributed by atoms with Crippen molar-refractivity contribution >= 4 is 12.0 Å². The number of benzene rings is 2. The lowest BCUT2D eigenvalue weighted by molar-refractivity contribution is -0.117. The van der Waals surface area contributed by atoms with E-state index in [0.717, 1.165) is 49.7 Å². The summed E-state index contributed by atoms with van der Waals surface area (Å²) in [5.41, 5.74) is 4.17. The first-order valence-electron chi connectivity index (χ1n) is 10.6. The first kappa shape index (κ1) is 21.0. The maximum Gasteiger partial charge on any atom is 0.244 e. The van der Waals surface area contributed by atoms with E-state index in [1.54, 1.807) is 23.0 Å². The SMILES string of the molecule is Cc1ccc(C(CN2CCOCC2)NC(=O)/C=C/c2cnn(-c3ccccc3)c2)cc1. The number of ether oxygens (including phenoxy) is 1. The minimum Gasteiger partial charge on any atom is -0.379 e. The molecule has 6 heteroatoms. The van der Waals surface area contributed by atoms with Gasteiger partial charge in [0.15, 0.2) is 0 Å². The van der Waals surface area contributed by atoms with Crippen LogP contribution in [0.4, 0.5) is 0 Å². The maximum absolute atomic E-state index is 12.7. The molecule has 4 rings (SSSR count). The van der Waals surface area contributed by atoms with Crippen LogP contribution in [0.5, 0.6) is 0 Å². The third-order valence-corrected chi connectivity index (χ3v) is 5.39. The van der Waals surface area contributed by atoms with E-state index >= 15 is 0 Å². The molecule has 0 radical (unpaired) electrons. The van der Waals surface area contributed by atoms with Crippen LogP contribution in [-0.4, -0.2) is 53.4 Å². The average molecular weight is 417 g/mol. The van der Waals surface area contributed by atoms with E-state index in [2.05, 4.69) is 46.5 Å². The number of para-hydroxylation sites is 1. The Hall–Kier alpha value is -3.22. The standard InChI is InChI=1S/C25H28N4O2/c1-20-7-10-22(11-8-20)24(19-28-13-15-31-16-14-28)27-25(30)12-9-21-17-26-29(18-21)23-5-3-2-4-6-23/h2-12,17-18,24H,13-16,19H2,1H3,(H,27,30)/b12-9+. The van der Waals surface area contributed by atoms with E-state index in [0.29, 0.717) is 0 Å². The summed E-state index contributed by atoms with van der Waals surface area (Å²) in [4.78, 5) is 15.1. The van der Waals surface area contributed by atoms with E-state index in [4.69, 9.17) is 4.74 Å². The Morgan fingerprint density at radius 2 is 1.87 bits per heavy atom. The molecule has 6 nitrogen and oxygen atoms in total. The summed E-state index contributed by atoms with van der Waals surface area (Å²) in [5, 5.41) is 7.55. The number of amides is 1. The predicted molar refractivity (Wildman–Crippen MR) is 122 cm³/mol. The highest BCUT2D eigenvalue weighted by atomic mass is 16.5. The second-order valence-corrected chi connectivity index (χ2v) is 7.77. The molecule has 0 saturated carbocycles. The highest BCUT2D eigenvalue weighted by molar-refractivity contribution is 5.91. The van der Waals surface area contributed by atoms with E-state index < -0.39 is 0 Å². The van der Waals surface area contributed by atoms with E-state index in [1.807, 2.05) is 36.5 Å². The van der Waals surface area contributed by atoms with Crippen molar-refractivity contribution in [3.05, 3.63) is 89.8 Å². The number of hydrogen-bond acceptors (Lipinski definition) is 4. The highest BCUT2D eigenvalue weighted by Gasteiger charge is 2.19. The summed E-state index contributed by atoms with van der Waals surface area (Å²) in [6, 6.07) is 18.2. The molecule has 1 aliphatic rings. The van der Waals surface area contributed by atoms with Crippen molar-refractivity contribution in [1.82, 2.24) is 20.0 Å². The Morgan fingerprint density at radius 1 is 1.13 bits per heavy atom. The predicted octanol–water partition coefficient (Wildman–Crippen LogP) is 3.38. The van der Waals surface area contributed by atoms with Crippen LogP contribution in [0, 0.1) is 6.92 Å². The zero-order valence-electron chi connectivity index (χ0n) is 17.8. The summed E-state index contributed by atoms with van der Waals surface area (Å²) in [6.45, 7) is 6.06. The van der Waals surface area contributed by atoms with Crippen LogP contribution in [0.3, 0.4) is 0 Å². The van der Waals surface area contributed by atoms with Crippen LogP contribution < -0.4 is 5.32 Å². The van der Waals surface area contributed by atoms with Crippen molar-refractivity contribution in [1.29, 1.82) is 0 Å². The van der Waals surface area contributed by atoms with Gasteiger partial charge >= 0.3 is 0 Å². The summed E-state index contributed by atoms with van der Waals surface area (Å²) in [7, 11) is 0. The second kappa shape index (κ2) is 10.2. The van der Waals surface area contributed by atoms with Crippen molar-refractivity contribution in [3.63, 3.8) is 0 Å². The van der Waals surface area contributed by atoms with Gasteiger partial charge in [0.1, 0.15) is 0 Å². The first-order valence-corrected chi connectivity index (χ1v) is 10.6. The lowest BCUT2D eigenvalue weighted by Crippen LogP contribution is -2.42. The van der Waals surface area contributed by atoms with Crippen LogP contribution >= 0.6 is 0 Å². The molecule has 1 aromatic heterocycles. The van der Waals surface area contributed by atoms with Crippen molar-refractivity contribution in [2.75, 3.05) is 32.8 Å². The van der Waals surface area contributed by atoms with Gasteiger partial charge in [0, 0.05) is 37.5 Å². The number of aromatic nitrogens is 2. The molecule has 160 valence electrons. The lowest BCUT2D eigenvalue weighted by Gasteiger charge is -2.31. The molecule has 3 aromatic rings. The smallest absolute Gasteiger partial charge is 0.244 e. The monoisotopic (exact) mass is 416 g/mol. The number of morpholine rings is 1. The second-order valence-electron chi connectivity index (χ2n) is 7.77. The minimum atomic E-state index is -0.119. The molecule has 31 heavy (non-hydrogen) atoms. The number of hydrogen-bond donors (Lipinski definition) is 1. The number of rotatable bonds is 7. The van der Waals surface area contributed by atoms with E-state index in [1.165, 1.54) is 5.56 Å². The van der Waals surface area contributed by atoms with Gasteiger partial charge in [0.05, 0.1) is 31.1 Å². The third-order valence-electron chi connectivity index (χ3n) is 5.39. The first-order chi connectivity index (χ1) is 15.2. The van der Waals surface area contributed by atoms with Gasteiger partial charge in [0.2, 0.25) is 5.91 Å². The number of nitrogens with one attached hydrogen (secondary N) is 1. The van der Waals surface area contributed by atoms with Gasteiger partial charge < -0.3 is 10.1 Å². The Bertz CT molecular complexity index is 1010. The summed E-state index contributed by atoms with van der Waals surface area (Å²) < 4.78 is 7.25. The molecule has 1 atom stereocenters. The molecule has 0 aliphatic carbocycles. The molecule has 1 saturated heterocycles. The lowest BCUT2D eigenvalue weighted by atomic mass is 10.0. The van der Waals surface area contributed by atoms with Gasteiger partial charge in [-0.2, -0.15) is 5.10 Å². The van der Waals surface area contributed by atoms with Gasteiger partial charge in [-0.25, -0.2) is 4.68 Å². The average Bonchev–Trinajstić information content (AvgIpc) is 3.28. The molecular formula is C25H28N4O2. The molecular weight excluding hydrogens is 388 g/mol. The summed E-state index contributed by atoms with van der Waals surface area (Å²) in [5.74, 6) is -0.119. The normalized spacial score (nSPS) is 15.8. The van der Waals surface area contributed by atoms with Crippen LogP contribution in [0.25, 0.3) is 11.8 Å². The zero-order valence-corrected chi connectivity index (χ0v) is 17.8. The molecule has 1 unspecified atom stereocenters. The van der Waals surface area contributed by atoms with E-state index in [9.17, 15) is 4.79 Å². The molecule has 1 fully saturated rings. The van der Waals surface area contributed by atoms with Crippen molar-refractivity contribution < 1.29 is 9.53 Å². The van der Waals surface area contributed by atoms with Gasteiger partial charge in [-0.05, 0) is 30.7 Å². The van der Waals surface area contributed by atoms with Crippen molar-refractivity contribution in [2.24, 2.45) is 0 Å². The Morgan fingerprint density at radius 3 is 2.61 bits per heavy atom. The largest absolute Gasteiger partial charge is 0.379 e. The Labute approximate surface area is 183 Å². The summed E-state index contributed by atoms with van der Waals surface area (Å²) in [6.07, 6.45) is 7.03. The molecule has 1 aliphatic heterocycles. The highest BCUT2D eigenvalue weighted by Crippen LogP contribution is 2.17. The fraction of sp³-hybridized carbons (Fsp3) is 0.280. The quantitative estimate of drug-likeness (QED) is 0.600. The van der Waals surface area contributed by atoms with Crippen LogP contribution in [-0.2, 0) is 9.53 Å².